The van der Waals surface area contributed by atoms with Crippen molar-refractivity contribution in [2.75, 3.05) is 20.2 Å². The smallest absolute Gasteiger partial charge is 0.219 e. The number of nitrogens with zero attached hydrogens (tertiary/aromatic N) is 2. The number of hydrogen-bond donors (Lipinski definition) is 1. The van der Waals surface area contributed by atoms with Crippen molar-refractivity contribution < 1.29 is 13.3 Å². The molecule has 3 rings (SSSR count). The minimum absolute atomic E-state index is 0.115. The molecule has 1 aromatic heterocycles. The lowest BCUT2D eigenvalue weighted by Gasteiger charge is -2.24. The summed E-state index contributed by atoms with van der Waals surface area (Å²) >= 11 is 0. The highest BCUT2D eigenvalue weighted by Crippen LogP contribution is 2.36. The SMILES string of the molecule is C=CCNS(=O)(=O)C1CON(C)C1c1ccnc2ccccc12. The lowest BCUT2D eigenvalue weighted by molar-refractivity contribution is -0.110. The highest BCUT2D eigenvalue weighted by atomic mass is 32.2. The van der Waals surface area contributed by atoms with Crippen LogP contribution in [0.5, 0.6) is 0 Å². The number of para-hydroxylation sites is 1. The van der Waals surface area contributed by atoms with Crippen LogP contribution in [0.2, 0.25) is 0 Å². The number of rotatable bonds is 5. The van der Waals surface area contributed by atoms with Crippen LogP contribution in [0.25, 0.3) is 10.9 Å². The molecular weight excluding hydrogens is 314 g/mol. The molecule has 6 nitrogen and oxygen atoms in total. The highest BCUT2D eigenvalue weighted by molar-refractivity contribution is 7.90. The first-order valence-corrected chi connectivity index (χ1v) is 8.88. The molecule has 0 saturated carbocycles. The maximum Gasteiger partial charge on any atom is 0.219 e. The molecule has 1 aromatic carbocycles. The number of benzene rings is 1. The van der Waals surface area contributed by atoms with Gasteiger partial charge in [-0.1, -0.05) is 24.3 Å². The number of aromatic nitrogens is 1. The predicted octanol–water partition coefficient (Wildman–Crippen LogP) is 1.63. The molecule has 2 aromatic rings. The minimum Gasteiger partial charge on any atom is -0.297 e. The topological polar surface area (TPSA) is 71.5 Å². The number of hydroxylamine groups is 2. The molecule has 2 unspecified atom stereocenters. The predicted molar refractivity (Wildman–Crippen MR) is 89.1 cm³/mol. The van der Waals surface area contributed by atoms with Crippen LogP contribution in [-0.2, 0) is 14.9 Å². The van der Waals surface area contributed by atoms with E-state index in [1.807, 2.05) is 30.3 Å². The molecule has 1 N–H and O–H groups in total. The molecule has 0 aliphatic carbocycles. The molecule has 0 bridgehead atoms. The molecule has 122 valence electrons. The van der Waals surface area contributed by atoms with Gasteiger partial charge in [-0.05, 0) is 17.7 Å². The van der Waals surface area contributed by atoms with E-state index in [0.717, 1.165) is 16.5 Å². The zero-order valence-electron chi connectivity index (χ0n) is 12.8. The van der Waals surface area contributed by atoms with Crippen LogP contribution in [0.3, 0.4) is 0 Å². The Morgan fingerprint density at radius 2 is 2.22 bits per heavy atom. The van der Waals surface area contributed by atoms with Crippen LogP contribution in [0, 0.1) is 0 Å². The summed E-state index contributed by atoms with van der Waals surface area (Å²) in [6.45, 7) is 3.86. The summed E-state index contributed by atoms with van der Waals surface area (Å²) < 4.78 is 27.7. The van der Waals surface area contributed by atoms with Crippen molar-refractivity contribution in [1.82, 2.24) is 14.8 Å². The van der Waals surface area contributed by atoms with E-state index in [0.29, 0.717) is 0 Å². The van der Waals surface area contributed by atoms with Crippen LogP contribution in [0.4, 0.5) is 0 Å². The van der Waals surface area contributed by atoms with Crippen LogP contribution >= 0.6 is 0 Å². The fourth-order valence-corrected chi connectivity index (χ4v) is 4.37. The van der Waals surface area contributed by atoms with Crippen molar-refractivity contribution in [1.29, 1.82) is 0 Å². The molecule has 23 heavy (non-hydrogen) atoms. The second-order valence-electron chi connectivity index (χ2n) is 5.42. The molecule has 2 atom stereocenters. The molecular formula is C16H19N3O3S. The Morgan fingerprint density at radius 1 is 1.43 bits per heavy atom. The first-order valence-electron chi connectivity index (χ1n) is 7.33. The molecule has 7 heteroatoms. The Balaban J connectivity index is 2.06. The van der Waals surface area contributed by atoms with Crippen molar-refractivity contribution >= 4 is 20.9 Å². The van der Waals surface area contributed by atoms with Crippen molar-refractivity contribution in [3.05, 3.63) is 54.7 Å². The van der Waals surface area contributed by atoms with Crippen molar-refractivity contribution in [3.63, 3.8) is 0 Å². The second kappa shape index (κ2) is 6.37. The van der Waals surface area contributed by atoms with Gasteiger partial charge in [0.2, 0.25) is 10.0 Å². The average molecular weight is 333 g/mol. The first-order chi connectivity index (χ1) is 11.0. The first kappa shape index (κ1) is 16.1. The van der Waals surface area contributed by atoms with E-state index < -0.39 is 21.3 Å². The number of nitrogens with one attached hydrogen (secondary N) is 1. The average Bonchev–Trinajstić information content (AvgIpc) is 2.95. The fourth-order valence-electron chi connectivity index (χ4n) is 2.91. The van der Waals surface area contributed by atoms with Gasteiger partial charge in [-0.15, -0.1) is 6.58 Å². The normalized spacial score (nSPS) is 22.5. The van der Waals surface area contributed by atoms with Gasteiger partial charge in [-0.2, -0.15) is 5.06 Å². The van der Waals surface area contributed by atoms with Crippen LogP contribution in [0.1, 0.15) is 11.6 Å². The molecule has 2 heterocycles. The van der Waals surface area contributed by atoms with Crippen LogP contribution < -0.4 is 4.72 Å². The van der Waals surface area contributed by atoms with E-state index in [2.05, 4.69) is 16.3 Å². The van der Waals surface area contributed by atoms with Gasteiger partial charge in [0.05, 0.1) is 18.2 Å². The summed E-state index contributed by atoms with van der Waals surface area (Å²) in [5, 5.41) is 1.85. The standard InChI is InChI=1S/C16H19N3O3S/c1-3-9-18-23(20,21)15-11-22-19(2)16(15)13-8-10-17-14-7-5-4-6-12(13)14/h3-8,10,15-16,18H,1,9,11H2,2H3. The monoisotopic (exact) mass is 333 g/mol. The van der Waals surface area contributed by atoms with E-state index in [-0.39, 0.29) is 13.2 Å². The van der Waals surface area contributed by atoms with Gasteiger partial charge in [-0.25, -0.2) is 13.1 Å². The molecule has 0 spiro atoms. The summed E-state index contributed by atoms with van der Waals surface area (Å²) in [5.41, 5.74) is 1.73. The Bertz CT molecular complexity index is 817. The third kappa shape index (κ3) is 3.00. The largest absolute Gasteiger partial charge is 0.297 e. The lowest BCUT2D eigenvalue weighted by Crippen LogP contribution is -2.39. The molecule has 1 fully saturated rings. The van der Waals surface area contributed by atoms with E-state index in [1.54, 1.807) is 18.3 Å². The summed E-state index contributed by atoms with van der Waals surface area (Å²) in [6, 6.07) is 9.15. The minimum atomic E-state index is -3.53. The third-order valence-corrected chi connectivity index (χ3v) is 5.78. The van der Waals surface area contributed by atoms with Crippen LogP contribution in [0.15, 0.2) is 49.2 Å². The Hall–Kier alpha value is -1.80. The second-order valence-corrected chi connectivity index (χ2v) is 7.41. The number of sulfonamides is 1. The zero-order chi connectivity index (χ0) is 16.4. The Labute approximate surface area is 135 Å². The van der Waals surface area contributed by atoms with E-state index in [9.17, 15) is 8.42 Å². The van der Waals surface area contributed by atoms with Crippen molar-refractivity contribution in [2.24, 2.45) is 0 Å². The van der Waals surface area contributed by atoms with Gasteiger partial charge >= 0.3 is 0 Å². The van der Waals surface area contributed by atoms with E-state index >= 15 is 0 Å². The number of hydrogen-bond acceptors (Lipinski definition) is 5. The van der Waals surface area contributed by atoms with Crippen molar-refractivity contribution in [3.8, 4) is 0 Å². The fraction of sp³-hybridized carbons (Fsp3) is 0.312. The molecule has 1 saturated heterocycles. The molecule has 1 aliphatic heterocycles. The van der Waals surface area contributed by atoms with E-state index in [4.69, 9.17) is 4.84 Å². The Kier molecular flexibility index (Phi) is 4.45. The zero-order valence-corrected chi connectivity index (χ0v) is 13.7. The van der Waals surface area contributed by atoms with E-state index in [1.165, 1.54) is 6.08 Å². The molecule has 0 radical (unpaired) electrons. The number of pyridine rings is 1. The molecule has 0 amide bonds. The summed E-state index contributed by atoms with van der Waals surface area (Å²) in [6.07, 6.45) is 3.22. The summed E-state index contributed by atoms with van der Waals surface area (Å²) in [5.74, 6) is 0. The molecule has 1 aliphatic rings. The quantitative estimate of drug-likeness (QED) is 0.842. The van der Waals surface area contributed by atoms with Crippen LogP contribution in [-0.4, -0.2) is 43.9 Å². The van der Waals surface area contributed by atoms with Gasteiger partial charge in [0.1, 0.15) is 5.25 Å². The van der Waals surface area contributed by atoms with Gasteiger partial charge in [0.25, 0.3) is 0 Å². The van der Waals surface area contributed by atoms with Gasteiger partial charge < -0.3 is 0 Å². The lowest BCUT2D eigenvalue weighted by atomic mass is 10.00. The van der Waals surface area contributed by atoms with Gasteiger partial charge in [0.15, 0.2) is 0 Å². The summed E-state index contributed by atoms with van der Waals surface area (Å²) in [4.78, 5) is 9.85. The third-order valence-electron chi connectivity index (χ3n) is 4.02. The Morgan fingerprint density at radius 3 is 3.00 bits per heavy atom. The van der Waals surface area contributed by atoms with Crippen molar-refractivity contribution in [2.45, 2.75) is 11.3 Å². The summed E-state index contributed by atoms with van der Waals surface area (Å²) in [7, 11) is -1.78. The maximum atomic E-state index is 12.6. The maximum absolute atomic E-state index is 12.6. The van der Waals surface area contributed by atoms with Gasteiger partial charge in [0, 0.05) is 25.2 Å². The van der Waals surface area contributed by atoms with Gasteiger partial charge in [-0.3, -0.25) is 9.82 Å². The number of fused-ring (bicyclic) bond motifs is 1. The highest BCUT2D eigenvalue weighted by Gasteiger charge is 2.43.